The second-order valence-corrected chi connectivity index (χ2v) is 5.99. The molecule has 2 aliphatic carbocycles. The first-order valence-corrected chi connectivity index (χ1v) is 6.44. The van der Waals surface area contributed by atoms with E-state index in [9.17, 15) is 9.90 Å². The van der Waals surface area contributed by atoms with Crippen LogP contribution in [0.4, 0.5) is 0 Å². The van der Waals surface area contributed by atoms with E-state index in [0.717, 1.165) is 24.8 Å². The molecule has 1 fully saturated rings. The van der Waals surface area contributed by atoms with Gasteiger partial charge in [-0.15, -0.1) is 0 Å². The molecule has 0 aromatic rings. The van der Waals surface area contributed by atoms with Gasteiger partial charge in [-0.25, -0.2) is 0 Å². The molecule has 0 aromatic carbocycles. The molecule has 1 saturated carbocycles. The van der Waals surface area contributed by atoms with Crippen LogP contribution in [0, 0.1) is 17.3 Å². The van der Waals surface area contributed by atoms with Gasteiger partial charge in [-0.1, -0.05) is 31.6 Å². The highest BCUT2D eigenvalue weighted by Gasteiger charge is 2.47. The molecule has 0 aliphatic heterocycles. The maximum Gasteiger partial charge on any atom is 0.162 e. The van der Waals surface area contributed by atoms with Crippen LogP contribution in [0.25, 0.3) is 0 Å². The summed E-state index contributed by atoms with van der Waals surface area (Å²) in [4.78, 5) is 12.0. The summed E-state index contributed by atoms with van der Waals surface area (Å²) >= 11 is 0. The van der Waals surface area contributed by atoms with E-state index in [1.54, 1.807) is 0 Å². The molecule has 2 rings (SSSR count). The van der Waals surface area contributed by atoms with Gasteiger partial charge in [-0.3, -0.25) is 4.79 Å². The first kappa shape index (κ1) is 12.6. The molecule has 1 N–H and O–H groups in total. The summed E-state index contributed by atoms with van der Waals surface area (Å²) in [7, 11) is 0. The summed E-state index contributed by atoms with van der Waals surface area (Å²) in [6, 6.07) is 0. The molecule has 0 heterocycles. The first-order chi connectivity index (χ1) is 7.86. The molecule has 94 valence electrons. The second kappa shape index (κ2) is 4.09. The number of aliphatic hydroxyl groups is 1. The maximum absolute atomic E-state index is 12.0. The van der Waals surface area contributed by atoms with Crippen molar-refractivity contribution in [1.82, 2.24) is 0 Å². The van der Waals surface area contributed by atoms with Gasteiger partial charge in [0.15, 0.2) is 5.78 Å². The topological polar surface area (TPSA) is 37.3 Å². The first-order valence-electron chi connectivity index (χ1n) is 6.44. The predicted molar refractivity (Wildman–Crippen MR) is 68.5 cm³/mol. The summed E-state index contributed by atoms with van der Waals surface area (Å²) in [5.41, 5.74) is 2.14. The third kappa shape index (κ3) is 1.89. The molecular weight excluding hydrogens is 212 g/mol. The quantitative estimate of drug-likeness (QED) is 0.708. The maximum atomic E-state index is 12.0. The van der Waals surface area contributed by atoms with Gasteiger partial charge in [0.1, 0.15) is 0 Å². The molecule has 0 unspecified atom stereocenters. The largest absolute Gasteiger partial charge is 0.393 e. The van der Waals surface area contributed by atoms with Crippen molar-refractivity contribution in [2.24, 2.45) is 17.3 Å². The normalized spacial score (nSPS) is 41.8. The van der Waals surface area contributed by atoms with E-state index >= 15 is 0 Å². The highest BCUT2D eigenvalue weighted by atomic mass is 16.3. The monoisotopic (exact) mass is 234 g/mol. The van der Waals surface area contributed by atoms with Gasteiger partial charge >= 0.3 is 0 Å². The number of allylic oxidation sites excluding steroid dienone is 3. The standard InChI is InChI=1S/C15H22O2/c1-9(2)12-8-15(4)10(3)13(16)6-5-11(15)7-14(12)17/h7,10,12-13,16H,1,5-6,8H2,2-4H3/t10-,12-,13-,15+/m0/s1. The Balaban J connectivity index is 2.39. The molecule has 17 heavy (non-hydrogen) atoms. The van der Waals surface area contributed by atoms with E-state index in [-0.39, 0.29) is 29.1 Å². The molecular formula is C15H22O2. The molecule has 4 atom stereocenters. The van der Waals surface area contributed by atoms with Gasteiger partial charge in [-0.05, 0) is 43.6 Å². The molecule has 2 aliphatic rings. The number of hydrogen-bond acceptors (Lipinski definition) is 2. The summed E-state index contributed by atoms with van der Waals surface area (Å²) in [6.45, 7) is 10.1. The van der Waals surface area contributed by atoms with Crippen molar-refractivity contribution in [2.75, 3.05) is 0 Å². The Morgan fingerprint density at radius 1 is 1.59 bits per heavy atom. The number of carbonyl (C=O) groups excluding carboxylic acids is 1. The Labute approximate surface area is 103 Å². The fraction of sp³-hybridized carbons (Fsp3) is 0.667. The molecule has 2 heteroatoms. The van der Waals surface area contributed by atoms with E-state index in [2.05, 4.69) is 20.4 Å². The van der Waals surface area contributed by atoms with Crippen LogP contribution in [-0.4, -0.2) is 17.0 Å². The number of rotatable bonds is 1. The average Bonchev–Trinajstić information content (AvgIpc) is 2.26. The summed E-state index contributed by atoms with van der Waals surface area (Å²) in [5, 5.41) is 10.0. The predicted octanol–water partition coefficient (Wildman–Crippen LogP) is 2.88. The van der Waals surface area contributed by atoms with Crippen LogP contribution in [0.1, 0.15) is 40.0 Å². The van der Waals surface area contributed by atoms with Crippen molar-refractivity contribution in [1.29, 1.82) is 0 Å². The van der Waals surface area contributed by atoms with Crippen LogP contribution in [0.5, 0.6) is 0 Å². The average molecular weight is 234 g/mol. The van der Waals surface area contributed by atoms with Gasteiger partial charge in [0.25, 0.3) is 0 Å². The van der Waals surface area contributed by atoms with E-state index in [4.69, 9.17) is 0 Å². The third-order valence-electron chi connectivity index (χ3n) is 4.91. The minimum atomic E-state index is -0.240. The smallest absolute Gasteiger partial charge is 0.162 e. The SMILES string of the molecule is C=C(C)[C@@H]1C[C@@]2(C)C(=CC1=O)CC[C@H](O)[C@@H]2C. The minimum Gasteiger partial charge on any atom is -0.393 e. The zero-order valence-electron chi connectivity index (χ0n) is 11.0. The molecule has 0 amide bonds. The Morgan fingerprint density at radius 2 is 2.24 bits per heavy atom. The number of carbonyl (C=O) groups is 1. The van der Waals surface area contributed by atoms with Gasteiger partial charge in [0.05, 0.1) is 6.10 Å². The van der Waals surface area contributed by atoms with Gasteiger partial charge in [0, 0.05) is 5.92 Å². The summed E-state index contributed by atoms with van der Waals surface area (Å²) in [5.74, 6) is 0.363. The number of hydrogen-bond donors (Lipinski definition) is 1. The van der Waals surface area contributed by atoms with Crippen molar-refractivity contribution in [3.8, 4) is 0 Å². The molecule has 0 aromatic heterocycles. The minimum absolute atomic E-state index is 0.0325. The zero-order valence-corrected chi connectivity index (χ0v) is 11.0. The van der Waals surface area contributed by atoms with E-state index in [0.29, 0.717) is 0 Å². The Morgan fingerprint density at radius 3 is 2.82 bits per heavy atom. The van der Waals surface area contributed by atoms with E-state index < -0.39 is 0 Å². The number of aliphatic hydroxyl groups excluding tert-OH is 1. The fourth-order valence-electron chi connectivity index (χ4n) is 3.32. The summed E-state index contributed by atoms with van der Waals surface area (Å²) < 4.78 is 0. The van der Waals surface area contributed by atoms with Crippen LogP contribution >= 0.6 is 0 Å². The lowest BCUT2D eigenvalue weighted by atomic mass is 9.57. The van der Waals surface area contributed by atoms with Gasteiger partial charge in [0.2, 0.25) is 0 Å². The highest BCUT2D eigenvalue weighted by Crippen LogP contribution is 2.52. The van der Waals surface area contributed by atoms with E-state index in [1.807, 2.05) is 13.0 Å². The van der Waals surface area contributed by atoms with Crippen LogP contribution in [0.3, 0.4) is 0 Å². The second-order valence-electron chi connectivity index (χ2n) is 5.99. The Kier molecular flexibility index (Phi) is 3.03. The summed E-state index contributed by atoms with van der Waals surface area (Å²) in [6.07, 6.45) is 4.04. The Hall–Kier alpha value is -0.890. The van der Waals surface area contributed by atoms with Crippen LogP contribution < -0.4 is 0 Å². The zero-order chi connectivity index (χ0) is 12.8. The van der Waals surface area contributed by atoms with Crippen LogP contribution in [-0.2, 0) is 4.79 Å². The van der Waals surface area contributed by atoms with Crippen molar-refractivity contribution in [2.45, 2.75) is 46.1 Å². The Bertz CT molecular complexity index is 394. The number of fused-ring (bicyclic) bond motifs is 1. The number of ketones is 1. The van der Waals surface area contributed by atoms with Crippen LogP contribution in [0.15, 0.2) is 23.8 Å². The van der Waals surface area contributed by atoms with Crippen molar-refractivity contribution in [3.63, 3.8) is 0 Å². The molecule has 0 bridgehead atoms. The highest BCUT2D eigenvalue weighted by molar-refractivity contribution is 5.95. The molecule has 0 saturated heterocycles. The van der Waals surface area contributed by atoms with Crippen molar-refractivity contribution >= 4 is 5.78 Å². The lowest BCUT2D eigenvalue weighted by Gasteiger charge is -2.48. The molecule has 0 spiro atoms. The van der Waals surface area contributed by atoms with Crippen molar-refractivity contribution in [3.05, 3.63) is 23.8 Å². The lowest BCUT2D eigenvalue weighted by Crippen LogP contribution is -2.45. The molecule has 2 nitrogen and oxygen atoms in total. The van der Waals surface area contributed by atoms with Gasteiger partial charge in [-0.2, -0.15) is 0 Å². The van der Waals surface area contributed by atoms with Crippen molar-refractivity contribution < 1.29 is 9.90 Å². The van der Waals surface area contributed by atoms with E-state index in [1.165, 1.54) is 5.57 Å². The van der Waals surface area contributed by atoms with Gasteiger partial charge < -0.3 is 5.11 Å². The fourth-order valence-corrected chi connectivity index (χ4v) is 3.32. The third-order valence-corrected chi connectivity index (χ3v) is 4.91. The van der Waals surface area contributed by atoms with Crippen LogP contribution in [0.2, 0.25) is 0 Å². The molecule has 0 radical (unpaired) electrons. The lowest BCUT2D eigenvalue weighted by molar-refractivity contribution is -0.120.